The molecule has 0 saturated heterocycles. The highest BCUT2D eigenvalue weighted by Gasteiger charge is 2.20. The summed E-state index contributed by atoms with van der Waals surface area (Å²) in [6, 6.07) is 6.34. The van der Waals surface area contributed by atoms with Gasteiger partial charge < -0.3 is 19.5 Å². The van der Waals surface area contributed by atoms with Gasteiger partial charge in [0.25, 0.3) is 5.91 Å². The van der Waals surface area contributed by atoms with Crippen LogP contribution >= 0.6 is 0 Å². The summed E-state index contributed by atoms with van der Waals surface area (Å²) >= 11 is 0. The maximum absolute atomic E-state index is 13.0. The molecule has 0 heterocycles. The topological polar surface area (TPSA) is 108 Å². The molecule has 0 aliphatic carbocycles. The van der Waals surface area contributed by atoms with Gasteiger partial charge in [-0.1, -0.05) is 172 Å². The summed E-state index contributed by atoms with van der Waals surface area (Å²) in [5, 5.41) is 2.72. The first kappa shape index (κ1) is 56.0. The number of esters is 3. The lowest BCUT2D eigenvalue weighted by molar-refractivity contribution is -0.158. The van der Waals surface area contributed by atoms with E-state index in [1.165, 1.54) is 19.1 Å². The zero-order chi connectivity index (χ0) is 46.4. The van der Waals surface area contributed by atoms with Crippen LogP contribution in [0.1, 0.15) is 134 Å². The number of hydrogen-bond acceptors (Lipinski definition) is 7. The molecule has 1 atom stereocenters. The number of allylic oxidation sites excluding steroid dienone is 24. The average molecular weight is 874 g/mol. The second kappa shape index (κ2) is 42.3. The minimum absolute atomic E-state index is 0.109. The molecule has 0 bridgehead atoms. The molecule has 0 aliphatic rings. The van der Waals surface area contributed by atoms with Gasteiger partial charge in [0.15, 0.2) is 6.10 Å². The molecule has 1 aromatic rings. The van der Waals surface area contributed by atoms with E-state index in [4.69, 9.17) is 14.2 Å². The molecule has 1 N–H and O–H groups in total. The maximum atomic E-state index is 13.0. The first-order valence-corrected chi connectivity index (χ1v) is 23.1. The van der Waals surface area contributed by atoms with Crippen LogP contribution in [0.2, 0.25) is 0 Å². The lowest BCUT2D eigenvalue weighted by atomic mass is 10.2. The Morgan fingerprint density at radius 3 is 1.25 bits per heavy atom. The second-order valence-electron chi connectivity index (χ2n) is 14.5. The van der Waals surface area contributed by atoms with Crippen molar-refractivity contribution >= 4 is 23.8 Å². The zero-order valence-corrected chi connectivity index (χ0v) is 38.8. The van der Waals surface area contributed by atoms with Crippen LogP contribution in [0.3, 0.4) is 0 Å². The maximum Gasteiger partial charge on any atom is 0.308 e. The van der Waals surface area contributed by atoms with Gasteiger partial charge in [0.2, 0.25) is 0 Å². The summed E-state index contributed by atoms with van der Waals surface area (Å²) in [4.78, 5) is 50.0. The lowest BCUT2D eigenvalue weighted by Crippen LogP contribution is -2.38. The predicted molar refractivity (Wildman–Crippen MR) is 266 cm³/mol. The van der Waals surface area contributed by atoms with Crippen LogP contribution < -0.4 is 10.1 Å². The number of para-hydroxylation sites is 1. The number of rotatable bonds is 35. The summed E-state index contributed by atoms with van der Waals surface area (Å²) in [6.45, 7) is 5.19. The van der Waals surface area contributed by atoms with E-state index in [0.29, 0.717) is 12.8 Å². The Hall–Kier alpha value is -6.02. The van der Waals surface area contributed by atoms with Crippen LogP contribution in [0.15, 0.2) is 170 Å². The molecule has 8 heteroatoms. The highest BCUT2D eigenvalue weighted by atomic mass is 16.6. The van der Waals surface area contributed by atoms with Crippen molar-refractivity contribution in [2.24, 2.45) is 0 Å². The Bertz CT molecular complexity index is 1800. The van der Waals surface area contributed by atoms with Gasteiger partial charge in [-0.3, -0.25) is 19.2 Å². The first-order valence-electron chi connectivity index (χ1n) is 23.1. The van der Waals surface area contributed by atoms with Gasteiger partial charge >= 0.3 is 17.9 Å². The molecule has 346 valence electrons. The standard InChI is InChI=1S/C56H75NO7/c1-4-6-8-10-12-14-16-18-20-22-24-26-28-30-32-34-36-38-40-46-54(59)62-49-51(48-57-56(61)52-44-42-43-45-53(52)63-50(3)58)64-55(60)47-41-39-37-35-33-31-29-27-25-23-21-19-17-15-13-11-9-7-5-2/h6-9,12-15,18-21,24-27,30-33,36-39,42-45,51H,4-5,10-11,16-17,22-23,28-29,34-35,40-41,46-49H2,1-3H3,(H,57,61). The summed E-state index contributed by atoms with van der Waals surface area (Å²) in [5.41, 5.74) is 0.147. The average Bonchev–Trinajstić information content (AvgIpc) is 3.28. The fourth-order valence-electron chi connectivity index (χ4n) is 5.52. The van der Waals surface area contributed by atoms with Gasteiger partial charge in [-0.15, -0.1) is 0 Å². The largest absolute Gasteiger partial charge is 0.462 e. The number of hydrogen-bond donors (Lipinski definition) is 1. The Labute approximate surface area is 385 Å². The lowest BCUT2D eigenvalue weighted by Gasteiger charge is -2.19. The van der Waals surface area contributed by atoms with E-state index < -0.39 is 29.9 Å². The molecule has 0 fully saturated rings. The summed E-state index contributed by atoms with van der Waals surface area (Å²) < 4.78 is 16.3. The van der Waals surface area contributed by atoms with Crippen LogP contribution in [-0.4, -0.2) is 43.1 Å². The van der Waals surface area contributed by atoms with E-state index in [1.807, 2.05) is 24.3 Å². The van der Waals surface area contributed by atoms with Crippen molar-refractivity contribution in [1.29, 1.82) is 0 Å². The summed E-state index contributed by atoms with van der Waals surface area (Å²) in [6.07, 6.45) is 62.6. The quantitative estimate of drug-likeness (QED) is 0.0411. The number of carbonyl (C=O) groups excluding carboxylic acids is 4. The third-order valence-corrected chi connectivity index (χ3v) is 8.83. The minimum Gasteiger partial charge on any atom is -0.462 e. The molecule has 0 radical (unpaired) electrons. The Morgan fingerprint density at radius 2 is 0.859 bits per heavy atom. The summed E-state index contributed by atoms with van der Waals surface area (Å²) in [7, 11) is 0. The van der Waals surface area contributed by atoms with Gasteiger partial charge in [0.05, 0.1) is 12.1 Å². The van der Waals surface area contributed by atoms with Crippen LogP contribution in [0, 0.1) is 0 Å². The van der Waals surface area contributed by atoms with E-state index in [-0.39, 0.29) is 37.3 Å². The van der Waals surface area contributed by atoms with E-state index in [2.05, 4.69) is 141 Å². The van der Waals surface area contributed by atoms with Gasteiger partial charge in [0.1, 0.15) is 12.4 Å². The molecule has 0 spiro atoms. The third kappa shape index (κ3) is 35.6. The van der Waals surface area contributed by atoms with E-state index in [9.17, 15) is 19.2 Å². The molecular weight excluding hydrogens is 799 g/mol. The Morgan fingerprint density at radius 1 is 0.500 bits per heavy atom. The van der Waals surface area contributed by atoms with Crippen molar-refractivity contribution in [3.63, 3.8) is 0 Å². The van der Waals surface area contributed by atoms with Gasteiger partial charge in [0, 0.05) is 19.8 Å². The van der Waals surface area contributed by atoms with Crippen molar-refractivity contribution in [3.05, 3.63) is 176 Å². The Balaban J connectivity index is 2.50. The second-order valence-corrected chi connectivity index (χ2v) is 14.5. The molecule has 8 nitrogen and oxygen atoms in total. The highest BCUT2D eigenvalue weighted by Crippen LogP contribution is 2.18. The number of amides is 1. The molecule has 0 aliphatic heterocycles. The summed E-state index contributed by atoms with van der Waals surface area (Å²) in [5.74, 6) is -1.90. The van der Waals surface area contributed by atoms with Crippen LogP contribution in [0.25, 0.3) is 0 Å². The monoisotopic (exact) mass is 874 g/mol. The number of benzene rings is 1. The smallest absolute Gasteiger partial charge is 0.308 e. The molecule has 1 aromatic carbocycles. The van der Waals surface area contributed by atoms with Gasteiger partial charge in [-0.25, -0.2) is 0 Å². The molecule has 1 unspecified atom stereocenters. The van der Waals surface area contributed by atoms with Crippen molar-refractivity contribution in [1.82, 2.24) is 5.32 Å². The Kier molecular flexibility index (Phi) is 37.0. The van der Waals surface area contributed by atoms with E-state index in [0.717, 1.165) is 77.0 Å². The number of ether oxygens (including phenoxy) is 3. The van der Waals surface area contributed by atoms with Crippen molar-refractivity contribution < 1.29 is 33.4 Å². The molecule has 1 rings (SSSR count). The number of nitrogens with one attached hydrogen (secondary N) is 1. The third-order valence-electron chi connectivity index (χ3n) is 8.83. The first-order chi connectivity index (χ1) is 31.4. The molecule has 0 saturated carbocycles. The van der Waals surface area contributed by atoms with E-state index in [1.54, 1.807) is 12.1 Å². The minimum atomic E-state index is -0.919. The normalized spacial score (nSPS) is 13.2. The fourth-order valence-corrected chi connectivity index (χ4v) is 5.52. The molecular formula is C56H75NO7. The van der Waals surface area contributed by atoms with E-state index >= 15 is 0 Å². The van der Waals surface area contributed by atoms with Crippen molar-refractivity contribution in [3.8, 4) is 5.75 Å². The van der Waals surface area contributed by atoms with Gasteiger partial charge in [-0.05, 0) is 102 Å². The SMILES string of the molecule is CCC=CCC=CCC=CCC=CCC=CCC=CCCC(=O)OCC(CNC(=O)c1ccccc1OC(C)=O)OC(=O)CCC=CCC=CCC=CCC=CCC=CCC=CCC. The molecule has 0 aromatic heterocycles. The fraction of sp³-hybridized carbons (Fsp3) is 0.393. The predicted octanol–water partition coefficient (Wildman–Crippen LogP) is 13.8. The van der Waals surface area contributed by atoms with Crippen molar-refractivity contribution in [2.75, 3.05) is 13.2 Å². The molecule has 1 amide bonds. The van der Waals surface area contributed by atoms with Crippen LogP contribution in [-0.2, 0) is 23.9 Å². The van der Waals surface area contributed by atoms with Crippen molar-refractivity contribution in [2.45, 2.75) is 130 Å². The number of carbonyl (C=O) groups is 4. The zero-order valence-electron chi connectivity index (χ0n) is 38.8. The van der Waals surface area contributed by atoms with Gasteiger partial charge in [-0.2, -0.15) is 0 Å². The molecule has 64 heavy (non-hydrogen) atoms. The van der Waals surface area contributed by atoms with Crippen LogP contribution in [0.5, 0.6) is 5.75 Å². The van der Waals surface area contributed by atoms with Crippen LogP contribution in [0.4, 0.5) is 0 Å². The highest BCUT2D eigenvalue weighted by molar-refractivity contribution is 5.97.